The molecule has 0 atom stereocenters. The summed E-state index contributed by atoms with van der Waals surface area (Å²) in [6.07, 6.45) is 0. The molecule has 6 rings (SSSR count). The Bertz CT molecular complexity index is 2700. The second kappa shape index (κ2) is 14.8. The van der Waals surface area contributed by atoms with Crippen LogP contribution in [-0.4, -0.2) is 59.8 Å². The summed E-state index contributed by atoms with van der Waals surface area (Å²) in [4.78, 5) is 51.8. The van der Waals surface area contributed by atoms with Crippen LogP contribution >= 0.6 is 0 Å². The number of aryl methyl sites for hydroxylation is 2. The van der Waals surface area contributed by atoms with Crippen molar-refractivity contribution in [1.29, 1.82) is 0 Å². The summed E-state index contributed by atoms with van der Waals surface area (Å²) >= 11 is 0. The number of phenols is 2. The number of benzene rings is 6. The second-order valence-electron chi connectivity index (χ2n) is 12.6. The van der Waals surface area contributed by atoms with Gasteiger partial charge in [-0.3, -0.25) is 28.3 Å². The number of phenolic OH excluding ortho intramolecular Hbond substituents is 2. The van der Waals surface area contributed by atoms with Crippen molar-refractivity contribution < 1.29 is 55.3 Å². The first-order chi connectivity index (χ1) is 26.3. The molecule has 0 saturated heterocycles. The van der Waals surface area contributed by atoms with Gasteiger partial charge in [-0.2, -0.15) is 16.8 Å². The monoisotopic (exact) mass is 798 g/mol. The minimum absolute atomic E-state index is 0.000229. The molecule has 0 aliphatic carbocycles. The van der Waals surface area contributed by atoms with Crippen molar-refractivity contribution in [3.05, 3.63) is 119 Å². The lowest BCUT2D eigenvalue weighted by atomic mass is 10.1. The van der Waals surface area contributed by atoms with E-state index in [1.807, 2.05) is 0 Å². The van der Waals surface area contributed by atoms with E-state index >= 15 is 0 Å². The number of carbonyl (C=O) groups is 4. The summed E-state index contributed by atoms with van der Waals surface area (Å²) in [6, 6.07) is 20.8. The molecule has 0 radical (unpaired) electrons. The van der Waals surface area contributed by atoms with Gasteiger partial charge >= 0.3 is 11.8 Å². The van der Waals surface area contributed by atoms with Gasteiger partial charge in [0.15, 0.2) is 0 Å². The second-order valence-corrected chi connectivity index (χ2v) is 15.4. The highest BCUT2D eigenvalue weighted by atomic mass is 32.2. The van der Waals surface area contributed by atoms with Crippen LogP contribution in [0.2, 0.25) is 0 Å². The Labute approximate surface area is 318 Å². The fourth-order valence-electron chi connectivity index (χ4n) is 5.81. The van der Waals surface area contributed by atoms with Crippen LogP contribution < -0.4 is 21.3 Å². The predicted molar refractivity (Wildman–Crippen MR) is 206 cm³/mol. The quantitative estimate of drug-likeness (QED) is 0.0691. The predicted octanol–water partition coefficient (Wildman–Crippen LogP) is 5.60. The molecule has 8 N–H and O–H groups in total. The third-order valence-electron chi connectivity index (χ3n) is 8.60. The van der Waals surface area contributed by atoms with Gasteiger partial charge in [0.2, 0.25) is 0 Å². The molecular formula is C38H30N4O12S2. The van der Waals surface area contributed by atoms with Crippen molar-refractivity contribution in [2.45, 2.75) is 23.6 Å². The van der Waals surface area contributed by atoms with Crippen LogP contribution in [0.5, 0.6) is 11.5 Å². The van der Waals surface area contributed by atoms with E-state index in [0.717, 1.165) is 24.3 Å². The largest absolute Gasteiger partial charge is 0.508 e. The lowest BCUT2D eigenvalue weighted by Gasteiger charge is -2.14. The molecule has 0 heterocycles. The number of carbonyl (C=O) groups excluding carboxylic acids is 4. The number of amides is 4. The topological polar surface area (TPSA) is 266 Å². The van der Waals surface area contributed by atoms with E-state index in [1.165, 1.54) is 72.8 Å². The number of anilines is 4. The van der Waals surface area contributed by atoms with E-state index in [9.17, 15) is 55.3 Å². The van der Waals surface area contributed by atoms with Crippen LogP contribution in [0.25, 0.3) is 21.5 Å². The Morgan fingerprint density at radius 1 is 0.482 bits per heavy atom. The first-order valence-corrected chi connectivity index (χ1v) is 19.1. The molecule has 0 aliphatic rings. The van der Waals surface area contributed by atoms with Gasteiger partial charge in [0.1, 0.15) is 11.5 Å². The lowest BCUT2D eigenvalue weighted by molar-refractivity contribution is -0.132. The van der Waals surface area contributed by atoms with Crippen LogP contribution in [0.1, 0.15) is 31.8 Å². The molecule has 6 aromatic carbocycles. The molecule has 286 valence electrons. The first-order valence-electron chi connectivity index (χ1n) is 16.2. The molecular weight excluding hydrogens is 769 g/mol. The molecule has 0 aromatic heterocycles. The third kappa shape index (κ3) is 8.43. The van der Waals surface area contributed by atoms with Gasteiger partial charge in [0.25, 0.3) is 32.1 Å². The lowest BCUT2D eigenvalue weighted by Crippen LogP contribution is -2.29. The summed E-state index contributed by atoms with van der Waals surface area (Å²) in [7, 11) is -9.39. The molecule has 6 aromatic rings. The molecule has 0 aliphatic heterocycles. The van der Waals surface area contributed by atoms with Crippen molar-refractivity contribution in [1.82, 2.24) is 0 Å². The van der Waals surface area contributed by atoms with Gasteiger partial charge in [-0.1, -0.05) is 12.1 Å². The summed E-state index contributed by atoms with van der Waals surface area (Å²) in [6.45, 7) is 3.20. The fraction of sp³-hybridized carbons (Fsp3) is 0.0526. The zero-order valence-electron chi connectivity index (χ0n) is 29.1. The Morgan fingerprint density at radius 3 is 1.21 bits per heavy atom. The molecule has 0 unspecified atom stereocenters. The standard InChI is InChI=1S/C38H30N4O12S2/c1-19-3-5-23(15-31(19)35(45)41-33-17-27(55(49,50)51)13-21-11-25(43)7-9-29(21)33)39-37(47)38(48)40-24-6-4-20(2)32(16-24)36(46)42-34-18-28(56(52,53)54)14-22-12-26(44)8-10-30(22)34/h3-18,43-44H,1-2H3,(H,39,47)(H,40,48)(H,41,45)(H,42,46)(H,49,50,51)(H,52,53,54). The molecule has 18 heteroatoms. The van der Waals surface area contributed by atoms with E-state index < -0.39 is 53.7 Å². The Balaban J connectivity index is 1.18. The highest BCUT2D eigenvalue weighted by Gasteiger charge is 2.21. The summed E-state index contributed by atoms with van der Waals surface area (Å²) in [5.41, 5.74) is 1.04. The van der Waals surface area contributed by atoms with Crippen molar-refractivity contribution in [3.63, 3.8) is 0 Å². The van der Waals surface area contributed by atoms with Crippen LogP contribution in [0, 0.1) is 13.8 Å². The number of hydrogen-bond acceptors (Lipinski definition) is 10. The van der Waals surface area contributed by atoms with Crippen LogP contribution in [-0.2, 0) is 29.8 Å². The summed E-state index contributed by atoms with van der Waals surface area (Å²) in [5, 5.41) is 30.9. The number of hydrogen-bond donors (Lipinski definition) is 8. The summed E-state index contributed by atoms with van der Waals surface area (Å²) < 4.78 is 67.0. The van der Waals surface area contributed by atoms with Gasteiger partial charge in [0.05, 0.1) is 21.2 Å². The van der Waals surface area contributed by atoms with Crippen molar-refractivity contribution in [3.8, 4) is 11.5 Å². The SMILES string of the molecule is Cc1ccc(NC(=O)C(=O)Nc2ccc(C)c(C(=O)Nc3cc(S(=O)(=O)O)cc4cc(O)ccc34)c2)cc1C(=O)Nc1cc(S(=O)(=O)O)cc2cc(O)ccc12. The van der Waals surface area contributed by atoms with Crippen molar-refractivity contribution >= 4 is 88.2 Å². The Morgan fingerprint density at radius 2 is 0.857 bits per heavy atom. The highest BCUT2D eigenvalue weighted by molar-refractivity contribution is 7.86. The van der Waals surface area contributed by atoms with E-state index in [4.69, 9.17) is 0 Å². The zero-order chi connectivity index (χ0) is 40.7. The van der Waals surface area contributed by atoms with Gasteiger partial charge in [-0.15, -0.1) is 0 Å². The zero-order valence-corrected chi connectivity index (χ0v) is 30.7. The third-order valence-corrected chi connectivity index (χ3v) is 10.3. The Hall–Kier alpha value is -6.86. The average molecular weight is 799 g/mol. The minimum atomic E-state index is -4.70. The van der Waals surface area contributed by atoms with Gasteiger partial charge in [0, 0.05) is 33.3 Å². The average Bonchev–Trinajstić information content (AvgIpc) is 3.11. The number of fused-ring (bicyclic) bond motifs is 2. The van der Waals surface area contributed by atoms with Crippen LogP contribution in [0.15, 0.2) is 107 Å². The number of rotatable bonds is 8. The maximum Gasteiger partial charge on any atom is 0.314 e. The molecule has 0 fully saturated rings. The van der Waals surface area contributed by atoms with E-state index in [0.29, 0.717) is 21.9 Å². The fourth-order valence-corrected chi connectivity index (χ4v) is 6.89. The van der Waals surface area contributed by atoms with Crippen molar-refractivity contribution in [2.24, 2.45) is 0 Å². The molecule has 0 spiro atoms. The molecule has 0 bridgehead atoms. The Kier molecular flexibility index (Phi) is 10.2. The minimum Gasteiger partial charge on any atom is -0.508 e. The highest BCUT2D eigenvalue weighted by Crippen LogP contribution is 2.33. The van der Waals surface area contributed by atoms with E-state index in [1.54, 1.807) is 13.8 Å². The normalized spacial score (nSPS) is 11.6. The summed E-state index contributed by atoms with van der Waals surface area (Å²) in [5.74, 6) is -4.11. The number of nitrogens with one attached hydrogen (secondary N) is 4. The molecule has 16 nitrogen and oxygen atoms in total. The maximum absolute atomic E-state index is 13.4. The van der Waals surface area contributed by atoms with Gasteiger partial charge in [-0.25, -0.2) is 0 Å². The first kappa shape index (κ1) is 38.9. The van der Waals surface area contributed by atoms with E-state index in [2.05, 4.69) is 21.3 Å². The maximum atomic E-state index is 13.4. The molecule has 4 amide bonds. The molecule has 0 saturated carbocycles. The molecule has 56 heavy (non-hydrogen) atoms. The number of aromatic hydroxyl groups is 2. The van der Waals surface area contributed by atoms with Crippen LogP contribution in [0.4, 0.5) is 22.7 Å². The van der Waals surface area contributed by atoms with Crippen molar-refractivity contribution in [2.75, 3.05) is 21.3 Å². The van der Waals surface area contributed by atoms with E-state index in [-0.39, 0.29) is 56.1 Å². The van der Waals surface area contributed by atoms with Gasteiger partial charge in [-0.05, 0) is 121 Å². The van der Waals surface area contributed by atoms with Gasteiger partial charge < -0.3 is 31.5 Å². The smallest absolute Gasteiger partial charge is 0.314 e. The van der Waals surface area contributed by atoms with Crippen LogP contribution in [0.3, 0.4) is 0 Å².